The highest BCUT2D eigenvalue weighted by molar-refractivity contribution is 5.70. The van der Waals surface area contributed by atoms with Crippen LogP contribution in [0.15, 0.2) is 0 Å². The van der Waals surface area contributed by atoms with Crippen molar-refractivity contribution in [2.45, 2.75) is 466 Å². The molecule has 0 spiro atoms. The van der Waals surface area contributed by atoms with Crippen molar-refractivity contribution in [3.05, 3.63) is 0 Å². The van der Waals surface area contributed by atoms with Crippen LogP contribution in [0, 0.1) is 23.7 Å². The first-order valence-electron chi connectivity index (χ1n) is 46.3. The predicted molar refractivity (Wildman–Crippen MR) is 446 cm³/mol. The van der Waals surface area contributed by atoms with Crippen LogP contribution in [-0.2, 0) is 38.1 Å². The monoisotopic (exact) mass is 1480 g/mol. The van der Waals surface area contributed by atoms with Crippen molar-refractivity contribution < 1.29 is 48.3 Å². The summed E-state index contributed by atoms with van der Waals surface area (Å²) in [4.78, 5) is 53.7. The molecule has 0 aromatic rings. The number of unbranched alkanes of at least 4 members (excludes halogenated alkanes) is 32. The van der Waals surface area contributed by atoms with Gasteiger partial charge in [0.2, 0.25) is 0 Å². The Morgan fingerprint density at radius 2 is 0.375 bits per heavy atom. The Labute approximate surface area is 647 Å². The van der Waals surface area contributed by atoms with Gasteiger partial charge in [0.25, 0.3) is 0 Å². The van der Waals surface area contributed by atoms with Crippen LogP contribution in [0.25, 0.3) is 0 Å². The first-order chi connectivity index (χ1) is 51.0. The van der Waals surface area contributed by atoms with Crippen molar-refractivity contribution in [2.24, 2.45) is 23.7 Å². The lowest BCUT2D eigenvalue weighted by Gasteiger charge is -2.21. The Hall–Kier alpha value is -2.28. The van der Waals surface area contributed by atoms with Crippen molar-refractivity contribution in [3.63, 3.8) is 0 Å². The number of rotatable bonds is 84. The maximum atomic E-state index is 12.2. The predicted octanol–water partition coefficient (Wildman–Crippen LogP) is 26.3. The number of nitrogens with zero attached hydrogens (tertiary/aromatic N) is 2. The van der Waals surface area contributed by atoms with Gasteiger partial charge in [-0.1, -0.05) is 338 Å². The number of esters is 4. The number of hydrogen-bond donors (Lipinski definition) is 2. The van der Waals surface area contributed by atoms with Crippen LogP contribution in [0.1, 0.15) is 466 Å². The zero-order valence-corrected chi connectivity index (χ0v) is 71.1. The maximum absolute atomic E-state index is 12.2. The van der Waals surface area contributed by atoms with Crippen LogP contribution in [-0.4, -0.2) is 123 Å². The molecule has 0 aliphatic carbocycles. The lowest BCUT2D eigenvalue weighted by molar-refractivity contribution is -0.144. The number of carbonyl (C=O) groups excluding carboxylic acids is 4. The zero-order valence-electron chi connectivity index (χ0n) is 71.1. The molecule has 620 valence electrons. The van der Waals surface area contributed by atoms with E-state index in [0.29, 0.717) is 52.1 Å². The second kappa shape index (κ2) is 86.3. The molecule has 0 aromatic carbocycles. The van der Waals surface area contributed by atoms with Crippen LogP contribution in [0.4, 0.5) is 0 Å². The summed E-state index contributed by atoms with van der Waals surface area (Å²) in [7, 11) is 0. The van der Waals surface area contributed by atoms with Crippen LogP contribution < -0.4 is 0 Å². The summed E-state index contributed by atoms with van der Waals surface area (Å²) in [6.07, 6.45) is 75.3. The molecule has 0 rings (SSSR count). The summed E-state index contributed by atoms with van der Waals surface area (Å²) >= 11 is 0. The molecule has 0 aromatic heterocycles. The van der Waals surface area contributed by atoms with E-state index in [1.807, 2.05) is 0 Å². The van der Waals surface area contributed by atoms with Crippen molar-refractivity contribution >= 4 is 23.9 Å². The number of ether oxygens (including phenoxy) is 4. The van der Waals surface area contributed by atoms with Gasteiger partial charge in [-0.25, -0.2) is 0 Å². The zero-order chi connectivity index (χ0) is 76.3. The van der Waals surface area contributed by atoms with E-state index in [0.717, 1.165) is 191 Å². The molecule has 0 heterocycles. The minimum atomic E-state index is -0.0209. The minimum Gasteiger partial charge on any atom is -0.466 e. The summed E-state index contributed by atoms with van der Waals surface area (Å²) in [5.41, 5.74) is 0. The third kappa shape index (κ3) is 77.9. The molecule has 0 radical (unpaired) electrons. The summed E-state index contributed by atoms with van der Waals surface area (Å²) in [6.45, 7) is 26.6. The van der Waals surface area contributed by atoms with E-state index in [4.69, 9.17) is 18.9 Å². The van der Waals surface area contributed by atoms with E-state index >= 15 is 0 Å². The van der Waals surface area contributed by atoms with E-state index in [1.165, 1.54) is 257 Å². The Kier molecular flexibility index (Phi) is 86.1. The van der Waals surface area contributed by atoms with Gasteiger partial charge in [-0.3, -0.25) is 19.2 Å². The fourth-order valence-electron chi connectivity index (χ4n) is 15.2. The molecule has 0 atom stereocenters. The number of carbonyl (C=O) groups is 4. The van der Waals surface area contributed by atoms with Gasteiger partial charge >= 0.3 is 23.9 Å². The molecular formula is C92H182N2O10. The van der Waals surface area contributed by atoms with E-state index in [1.54, 1.807) is 0 Å². The quantitative estimate of drug-likeness (QED) is 0.0339. The van der Waals surface area contributed by atoms with Gasteiger partial charge < -0.3 is 39.0 Å². The summed E-state index contributed by atoms with van der Waals surface area (Å²) in [6, 6.07) is 0. The lowest BCUT2D eigenvalue weighted by atomic mass is 9.91. The Morgan fingerprint density at radius 3 is 0.548 bits per heavy atom. The van der Waals surface area contributed by atoms with Gasteiger partial charge in [0.15, 0.2) is 0 Å². The Morgan fingerprint density at radius 1 is 0.212 bits per heavy atom. The second-order valence-electron chi connectivity index (χ2n) is 32.1. The lowest BCUT2D eigenvalue weighted by Crippen LogP contribution is -2.29. The minimum absolute atomic E-state index is 0.0209. The van der Waals surface area contributed by atoms with Gasteiger partial charge in [0, 0.05) is 38.8 Å². The molecule has 0 aliphatic heterocycles. The smallest absolute Gasteiger partial charge is 0.305 e. The molecule has 12 nitrogen and oxygen atoms in total. The normalized spacial score (nSPS) is 11.7. The standard InChI is InChI=1S/2C46H91NO5/c2*1-5-9-19-29-43(30-20-10-6-2)33-27-41-51-45(49)35-23-15-13-17-25-37-47(39-40-48)38-26-18-14-16-24-36-46(50)52-42-28-34-44(31-21-11-7-3)32-22-12-8-4/h2*43-44,48H,5-42H2,1-4H3. The first kappa shape index (κ1) is 104. The highest BCUT2D eigenvalue weighted by atomic mass is 16.5. The molecule has 2 N–H and O–H groups in total. The second-order valence-corrected chi connectivity index (χ2v) is 32.1. The molecule has 0 fully saturated rings. The van der Waals surface area contributed by atoms with E-state index in [9.17, 15) is 29.4 Å². The molecular weight excluding hydrogens is 1290 g/mol. The summed E-state index contributed by atoms with van der Waals surface area (Å²) < 4.78 is 22.3. The summed E-state index contributed by atoms with van der Waals surface area (Å²) in [5, 5.41) is 19.1. The average Bonchev–Trinajstić information content (AvgIpc) is 2.01. The third-order valence-electron chi connectivity index (χ3n) is 22.1. The van der Waals surface area contributed by atoms with E-state index < -0.39 is 0 Å². The first-order valence-corrected chi connectivity index (χ1v) is 46.3. The van der Waals surface area contributed by atoms with Gasteiger partial charge in [-0.05, 0) is 153 Å². The maximum Gasteiger partial charge on any atom is 0.305 e. The molecule has 0 bridgehead atoms. The average molecular weight is 1480 g/mol. The fourth-order valence-corrected chi connectivity index (χ4v) is 15.2. The van der Waals surface area contributed by atoms with Crippen molar-refractivity contribution in [3.8, 4) is 0 Å². The molecule has 0 amide bonds. The number of aliphatic hydroxyl groups excluding tert-OH is 2. The molecule has 0 saturated carbocycles. The molecule has 12 heteroatoms. The van der Waals surface area contributed by atoms with Crippen molar-refractivity contribution in [1.82, 2.24) is 9.80 Å². The highest BCUT2D eigenvalue weighted by Crippen LogP contribution is 2.27. The highest BCUT2D eigenvalue weighted by Gasteiger charge is 2.16. The van der Waals surface area contributed by atoms with Crippen LogP contribution >= 0.6 is 0 Å². The van der Waals surface area contributed by atoms with Crippen LogP contribution in [0.3, 0.4) is 0 Å². The number of aliphatic hydroxyl groups is 2. The Balaban J connectivity index is 0. The largest absolute Gasteiger partial charge is 0.466 e. The van der Waals surface area contributed by atoms with Crippen molar-refractivity contribution in [1.29, 1.82) is 0 Å². The van der Waals surface area contributed by atoms with Gasteiger partial charge in [0.05, 0.1) is 39.6 Å². The molecule has 0 aliphatic rings. The van der Waals surface area contributed by atoms with E-state index in [2.05, 4.69) is 65.2 Å². The third-order valence-corrected chi connectivity index (χ3v) is 22.1. The van der Waals surface area contributed by atoms with Crippen LogP contribution in [0.2, 0.25) is 0 Å². The van der Waals surface area contributed by atoms with Crippen molar-refractivity contribution in [2.75, 3.05) is 78.9 Å². The molecule has 0 saturated heterocycles. The van der Waals surface area contributed by atoms with Gasteiger partial charge in [-0.2, -0.15) is 0 Å². The Bertz CT molecular complexity index is 1460. The summed E-state index contributed by atoms with van der Waals surface area (Å²) in [5.74, 6) is 3.13. The van der Waals surface area contributed by atoms with Gasteiger partial charge in [-0.15, -0.1) is 0 Å². The molecule has 0 unspecified atom stereocenters. The molecule has 104 heavy (non-hydrogen) atoms. The van der Waals surface area contributed by atoms with Crippen LogP contribution in [0.5, 0.6) is 0 Å². The van der Waals surface area contributed by atoms with Gasteiger partial charge in [0.1, 0.15) is 0 Å². The topological polar surface area (TPSA) is 152 Å². The fraction of sp³-hybridized carbons (Fsp3) is 0.957. The number of hydrogen-bond acceptors (Lipinski definition) is 12. The van der Waals surface area contributed by atoms with E-state index in [-0.39, 0.29) is 37.1 Å². The SMILES string of the molecule is CCCCCC(CCCCC)CCCOC(=O)CCCCCCCN(CCO)CCCCCCCC(=O)OCCCC(CCCCC)CCCCC.CCCCCC(CCCCC)CCCOC(=O)CCCCCCCN(CCO)CCCCCCCC(=O)OCCCC(CCCCC)CCCCC.